The highest BCUT2D eigenvalue weighted by molar-refractivity contribution is 5.93. The Labute approximate surface area is 77.2 Å². The highest BCUT2D eigenvalue weighted by atomic mass is 16.1. The van der Waals surface area contributed by atoms with Gasteiger partial charge in [-0.25, -0.2) is 4.98 Å². The van der Waals surface area contributed by atoms with Crippen LogP contribution in [0.4, 0.5) is 0 Å². The molecule has 0 atom stereocenters. The molecule has 0 aliphatic rings. The third-order valence-electron chi connectivity index (χ3n) is 1.50. The van der Waals surface area contributed by atoms with E-state index in [1.165, 1.54) is 12.4 Å². The first-order valence-electron chi connectivity index (χ1n) is 4.03. The van der Waals surface area contributed by atoms with E-state index in [0.29, 0.717) is 18.5 Å². The second kappa shape index (κ2) is 5.04. The maximum absolute atomic E-state index is 11.3. The quantitative estimate of drug-likeness (QED) is 0.514. The van der Waals surface area contributed by atoms with E-state index in [1.54, 1.807) is 13.1 Å². The molecule has 0 aromatic carbocycles. The van der Waals surface area contributed by atoms with Crippen molar-refractivity contribution in [2.45, 2.75) is 19.8 Å². The Morgan fingerprint density at radius 2 is 2.38 bits per heavy atom. The van der Waals surface area contributed by atoms with Gasteiger partial charge in [-0.15, -0.1) is 11.8 Å². The fourth-order valence-corrected chi connectivity index (χ4v) is 0.872. The zero-order chi connectivity index (χ0) is 9.52. The Hall–Kier alpha value is -1.69. The normalized spacial score (nSPS) is 8.69. The lowest BCUT2D eigenvalue weighted by atomic mass is 10.2. The van der Waals surface area contributed by atoms with Gasteiger partial charge in [0.1, 0.15) is 5.69 Å². The van der Waals surface area contributed by atoms with E-state index in [2.05, 4.69) is 21.8 Å². The van der Waals surface area contributed by atoms with Gasteiger partial charge in [0, 0.05) is 25.2 Å². The van der Waals surface area contributed by atoms with Crippen molar-refractivity contribution in [2.75, 3.05) is 0 Å². The Bertz CT molecular complexity index is 335. The van der Waals surface area contributed by atoms with Crippen molar-refractivity contribution < 1.29 is 4.79 Å². The average molecular weight is 174 g/mol. The summed E-state index contributed by atoms with van der Waals surface area (Å²) in [6.45, 7) is 1.76. The van der Waals surface area contributed by atoms with Gasteiger partial charge in [-0.2, -0.15) is 0 Å². The minimum atomic E-state index is -0.00384. The van der Waals surface area contributed by atoms with Gasteiger partial charge >= 0.3 is 0 Å². The molecule has 1 heterocycles. The molecule has 1 aromatic heterocycles. The highest BCUT2D eigenvalue weighted by Gasteiger charge is 2.04. The summed E-state index contributed by atoms with van der Waals surface area (Å²) in [7, 11) is 0. The van der Waals surface area contributed by atoms with Crippen LogP contribution in [-0.2, 0) is 0 Å². The van der Waals surface area contributed by atoms with Gasteiger partial charge in [0.15, 0.2) is 5.78 Å². The molecule has 13 heavy (non-hydrogen) atoms. The van der Waals surface area contributed by atoms with E-state index in [1.807, 2.05) is 0 Å². The predicted octanol–water partition coefficient (Wildman–Crippen LogP) is 1.46. The molecule has 66 valence electrons. The zero-order valence-corrected chi connectivity index (χ0v) is 7.45. The van der Waals surface area contributed by atoms with E-state index < -0.39 is 0 Å². The number of carbonyl (C=O) groups excluding carboxylic acids is 1. The molecule has 0 spiro atoms. The summed E-state index contributed by atoms with van der Waals surface area (Å²) in [6.07, 6.45) is 5.54. The van der Waals surface area contributed by atoms with Crippen LogP contribution in [-0.4, -0.2) is 15.8 Å². The molecule has 1 rings (SSSR count). The molecule has 0 saturated carbocycles. The monoisotopic (exact) mass is 174 g/mol. The van der Waals surface area contributed by atoms with Crippen LogP contribution in [0, 0.1) is 11.8 Å². The first-order chi connectivity index (χ1) is 6.34. The van der Waals surface area contributed by atoms with Crippen molar-refractivity contribution in [3.63, 3.8) is 0 Å². The zero-order valence-electron chi connectivity index (χ0n) is 7.45. The van der Waals surface area contributed by atoms with Crippen LogP contribution in [0.2, 0.25) is 0 Å². The number of aromatic nitrogens is 2. The first kappa shape index (κ1) is 9.40. The third-order valence-corrected chi connectivity index (χ3v) is 1.50. The Balaban J connectivity index is 2.53. The standard InChI is InChI=1S/C10H10N2O/c1-2-3-4-5-10(13)9-8-11-6-7-12-9/h6-8H,4-5H2,1H3. The largest absolute Gasteiger partial charge is 0.292 e. The summed E-state index contributed by atoms with van der Waals surface area (Å²) in [5.41, 5.74) is 0.417. The van der Waals surface area contributed by atoms with Gasteiger partial charge in [0.2, 0.25) is 0 Å². The van der Waals surface area contributed by atoms with Crippen molar-refractivity contribution in [1.82, 2.24) is 9.97 Å². The predicted molar refractivity (Wildman–Crippen MR) is 49.0 cm³/mol. The van der Waals surface area contributed by atoms with Gasteiger partial charge in [-0.3, -0.25) is 9.78 Å². The van der Waals surface area contributed by atoms with Crippen LogP contribution in [0.25, 0.3) is 0 Å². The number of rotatable bonds is 3. The highest BCUT2D eigenvalue weighted by Crippen LogP contribution is 1.99. The van der Waals surface area contributed by atoms with Gasteiger partial charge in [-0.1, -0.05) is 0 Å². The lowest BCUT2D eigenvalue weighted by molar-refractivity contribution is 0.0979. The molecule has 0 saturated heterocycles. The van der Waals surface area contributed by atoms with Crippen LogP contribution in [0.1, 0.15) is 30.3 Å². The van der Waals surface area contributed by atoms with Gasteiger partial charge in [0.05, 0.1) is 6.20 Å². The number of hydrogen-bond donors (Lipinski definition) is 0. The van der Waals surface area contributed by atoms with Crippen molar-refractivity contribution in [1.29, 1.82) is 0 Å². The Morgan fingerprint density at radius 3 is 3.00 bits per heavy atom. The van der Waals surface area contributed by atoms with E-state index in [0.717, 1.165) is 0 Å². The van der Waals surface area contributed by atoms with Crippen LogP contribution in [0.5, 0.6) is 0 Å². The van der Waals surface area contributed by atoms with Crippen molar-refractivity contribution in [3.8, 4) is 11.8 Å². The van der Waals surface area contributed by atoms with E-state index in [9.17, 15) is 4.79 Å². The van der Waals surface area contributed by atoms with Crippen molar-refractivity contribution in [2.24, 2.45) is 0 Å². The number of hydrogen-bond acceptors (Lipinski definition) is 3. The fourth-order valence-electron chi connectivity index (χ4n) is 0.872. The topological polar surface area (TPSA) is 42.9 Å². The lowest BCUT2D eigenvalue weighted by Crippen LogP contribution is -2.01. The van der Waals surface area contributed by atoms with Crippen LogP contribution in [0.3, 0.4) is 0 Å². The summed E-state index contributed by atoms with van der Waals surface area (Å²) < 4.78 is 0. The summed E-state index contributed by atoms with van der Waals surface area (Å²) in [5, 5.41) is 0. The Kier molecular flexibility index (Phi) is 3.65. The van der Waals surface area contributed by atoms with Crippen molar-refractivity contribution >= 4 is 5.78 Å². The number of ketones is 1. The minimum absolute atomic E-state index is 0.00384. The maximum Gasteiger partial charge on any atom is 0.183 e. The Morgan fingerprint density at radius 1 is 1.54 bits per heavy atom. The fraction of sp³-hybridized carbons (Fsp3) is 0.300. The molecule has 0 aliphatic heterocycles. The third kappa shape index (κ3) is 3.04. The SMILES string of the molecule is CC#CCCC(=O)c1cnccn1. The molecule has 1 aromatic rings. The first-order valence-corrected chi connectivity index (χ1v) is 4.03. The van der Waals surface area contributed by atoms with Gasteiger partial charge in [-0.05, 0) is 6.92 Å². The van der Waals surface area contributed by atoms with Crippen molar-refractivity contribution in [3.05, 3.63) is 24.3 Å². The molecule has 0 unspecified atom stereocenters. The maximum atomic E-state index is 11.3. The second-order valence-electron chi connectivity index (χ2n) is 2.44. The number of Topliss-reactive ketones (excluding diaryl/α,β-unsaturated/α-hetero) is 1. The summed E-state index contributed by atoms with van der Waals surface area (Å²) in [4.78, 5) is 19.1. The number of nitrogens with zero attached hydrogens (tertiary/aromatic N) is 2. The second-order valence-corrected chi connectivity index (χ2v) is 2.44. The summed E-state index contributed by atoms with van der Waals surface area (Å²) in [6, 6.07) is 0. The van der Waals surface area contributed by atoms with Crippen LogP contribution in [0.15, 0.2) is 18.6 Å². The molecule has 0 radical (unpaired) electrons. The van der Waals surface area contributed by atoms with Crippen LogP contribution < -0.4 is 0 Å². The number of carbonyl (C=O) groups is 1. The molecular formula is C10H10N2O. The summed E-state index contributed by atoms with van der Waals surface area (Å²) >= 11 is 0. The minimum Gasteiger partial charge on any atom is -0.292 e. The molecule has 0 N–H and O–H groups in total. The average Bonchev–Trinajstić information content (AvgIpc) is 2.19. The molecular weight excluding hydrogens is 164 g/mol. The molecule has 0 bridgehead atoms. The molecule has 0 fully saturated rings. The van der Waals surface area contributed by atoms with E-state index in [-0.39, 0.29) is 5.78 Å². The summed E-state index contributed by atoms with van der Waals surface area (Å²) in [5.74, 6) is 5.56. The van der Waals surface area contributed by atoms with Crippen LogP contribution >= 0.6 is 0 Å². The molecule has 0 amide bonds. The molecule has 3 nitrogen and oxygen atoms in total. The lowest BCUT2D eigenvalue weighted by Gasteiger charge is -1.94. The molecule has 0 aliphatic carbocycles. The van der Waals surface area contributed by atoms with Gasteiger partial charge in [0.25, 0.3) is 0 Å². The van der Waals surface area contributed by atoms with Gasteiger partial charge < -0.3 is 0 Å². The smallest absolute Gasteiger partial charge is 0.183 e. The van der Waals surface area contributed by atoms with E-state index in [4.69, 9.17) is 0 Å². The van der Waals surface area contributed by atoms with E-state index >= 15 is 0 Å². The molecule has 3 heteroatoms.